The van der Waals surface area contributed by atoms with Gasteiger partial charge in [-0.2, -0.15) is 0 Å². The van der Waals surface area contributed by atoms with Crippen LogP contribution in [0.15, 0.2) is 24.3 Å². The monoisotopic (exact) mass is 252 g/mol. The minimum absolute atomic E-state index is 0.0390. The Balaban J connectivity index is 2.25. The first-order valence-electron chi connectivity index (χ1n) is 6.51. The lowest BCUT2D eigenvalue weighted by molar-refractivity contribution is -0.311. The fraction of sp³-hybridized carbons (Fsp3) is 0.600. The molecule has 0 aliphatic carbocycles. The number of benzene rings is 1. The molecule has 0 bridgehead atoms. The summed E-state index contributed by atoms with van der Waals surface area (Å²) in [6.45, 7) is 7.65. The fourth-order valence-electron chi connectivity index (χ4n) is 2.20. The highest BCUT2D eigenvalue weighted by Gasteiger charge is 2.41. The summed E-state index contributed by atoms with van der Waals surface area (Å²) in [5.74, 6) is -0.931. The molecule has 0 aromatic heterocycles. The largest absolute Gasteiger partial charge is 0.345 e. The molecule has 1 heterocycles. The van der Waals surface area contributed by atoms with Crippen LogP contribution in [0.1, 0.15) is 39.2 Å². The van der Waals surface area contributed by atoms with Gasteiger partial charge in [0.2, 0.25) is 0 Å². The molecule has 0 amide bonds. The highest BCUT2D eigenvalue weighted by atomic mass is 19.1. The normalized spacial score (nSPS) is 21.8. The van der Waals surface area contributed by atoms with Crippen LogP contribution in [0.3, 0.4) is 0 Å². The molecular weight excluding hydrogens is 231 g/mol. The molecule has 1 aromatic rings. The second-order valence-corrected chi connectivity index (χ2v) is 5.75. The highest BCUT2D eigenvalue weighted by molar-refractivity contribution is 5.21. The molecule has 2 nitrogen and oxygen atoms in total. The average molecular weight is 252 g/mol. The summed E-state index contributed by atoms with van der Waals surface area (Å²) >= 11 is 0. The van der Waals surface area contributed by atoms with Crippen molar-refractivity contribution >= 4 is 0 Å². The van der Waals surface area contributed by atoms with Crippen LogP contribution in [0.25, 0.3) is 0 Å². The molecule has 1 saturated heterocycles. The van der Waals surface area contributed by atoms with Gasteiger partial charge >= 0.3 is 0 Å². The summed E-state index contributed by atoms with van der Waals surface area (Å²) < 4.78 is 25.0. The lowest BCUT2D eigenvalue weighted by Gasteiger charge is -2.43. The molecule has 1 aromatic carbocycles. The Morgan fingerprint density at radius 2 is 1.67 bits per heavy atom. The third-order valence-electron chi connectivity index (χ3n) is 3.26. The summed E-state index contributed by atoms with van der Waals surface area (Å²) in [5, 5.41) is 0. The third kappa shape index (κ3) is 2.73. The van der Waals surface area contributed by atoms with Gasteiger partial charge < -0.3 is 9.47 Å². The Hall–Kier alpha value is -0.930. The zero-order valence-electron chi connectivity index (χ0n) is 11.3. The van der Waals surface area contributed by atoms with Gasteiger partial charge in [0.05, 0.1) is 13.2 Å². The van der Waals surface area contributed by atoms with E-state index in [1.54, 1.807) is 12.1 Å². The summed E-state index contributed by atoms with van der Waals surface area (Å²) in [5.41, 5.74) is 0.943. The van der Waals surface area contributed by atoms with E-state index in [0.717, 1.165) is 18.4 Å². The second-order valence-electron chi connectivity index (χ2n) is 5.75. The minimum Gasteiger partial charge on any atom is -0.345 e. The summed E-state index contributed by atoms with van der Waals surface area (Å²) in [4.78, 5) is 0. The third-order valence-corrected chi connectivity index (χ3v) is 3.26. The zero-order chi connectivity index (χ0) is 13.2. The molecule has 0 spiro atoms. The molecule has 1 aliphatic heterocycles. The molecule has 0 N–H and O–H groups in total. The van der Waals surface area contributed by atoms with Gasteiger partial charge in [-0.05, 0) is 12.1 Å². The van der Waals surface area contributed by atoms with E-state index in [-0.39, 0.29) is 11.2 Å². The molecule has 0 atom stereocenters. The first kappa shape index (κ1) is 13.5. The van der Waals surface area contributed by atoms with Crippen LogP contribution in [-0.4, -0.2) is 13.2 Å². The van der Waals surface area contributed by atoms with Crippen molar-refractivity contribution in [3.8, 4) is 0 Å². The first-order chi connectivity index (χ1) is 8.47. The van der Waals surface area contributed by atoms with Crippen LogP contribution in [0.5, 0.6) is 0 Å². The molecule has 2 rings (SSSR count). The van der Waals surface area contributed by atoms with Crippen molar-refractivity contribution in [1.82, 2.24) is 0 Å². The molecule has 18 heavy (non-hydrogen) atoms. The van der Waals surface area contributed by atoms with Crippen LogP contribution >= 0.6 is 0 Å². The Bertz CT molecular complexity index is 387. The fourth-order valence-corrected chi connectivity index (χ4v) is 2.20. The summed E-state index contributed by atoms with van der Waals surface area (Å²) in [7, 11) is 0. The Kier molecular flexibility index (Phi) is 3.74. The molecule has 3 heteroatoms. The van der Waals surface area contributed by atoms with Gasteiger partial charge in [0.15, 0.2) is 5.79 Å². The van der Waals surface area contributed by atoms with Gasteiger partial charge in [0.25, 0.3) is 0 Å². The maximum Gasteiger partial charge on any atom is 0.194 e. The van der Waals surface area contributed by atoms with Crippen LogP contribution in [0.4, 0.5) is 4.39 Å². The molecule has 1 aliphatic rings. The molecule has 0 saturated carbocycles. The van der Waals surface area contributed by atoms with E-state index in [0.29, 0.717) is 13.2 Å². The first-order valence-corrected chi connectivity index (χ1v) is 6.51. The van der Waals surface area contributed by atoms with Gasteiger partial charge in [0.1, 0.15) is 5.82 Å². The van der Waals surface area contributed by atoms with Crippen molar-refractivity contribution in [1.29, 1.82) is 0 Å². The van der Waals surface area contributed by atoms with E-state index in [2.05, 4.69) is 20.8 Å². The molecule has 1 fully saturated rings. The van der Waals surface area contributed by atoms with E-state index in [4.69, 9.17) is 9.47 Å². The van der Waals surface area contributed by atoms with Gasteiger partial charge in [-0.3, -0.25) is 0 Å². The van der Waals surface area contributed by atoms with Crippen LogP contribution in [-0.2, 0) is 15.3 Å². The van der Waals surface area contributed by atoms with Crippen molar-refractivity contribution in [2.24, 2.45) is 5.41 Å². The maximum atomic E-state index is 13.0. The lowest BCUT2D eigenvalue weighted by Crippen LogP contribution is -2.45. The maximum absolute atomic E-state index is 13.0. The predicted molar refractivity (Wildman–Crippen MR) is 68.7 cm³/mol. The van der Waals surface area contributed by atoms with Gasteiger partial charge in [-0.1, -0.05) is 39.3 Å². The Labute approximate surface area is 108 Å². The topological polar surface area (TPSA) is 18.5 Å². The van der Waals surface area contributed by atoms with Crippen molar-refractivity contribution in [3.63, 3.8) is 0 Å². The van der Waals surface area contributed by atoms with Crippen molar-refractivity contribution in [3.05, 3.63) is 35.6 Å². The van der Waals surface area contributed by atoms with Crippen LogP contribution in [0.2, 0.25) is 0 Å². The average Bonchev–Trinajstić information content (AvgIpc) is 2.34. The van der Waals surface area contributed by atoms with Gasteiger partial charge in [0, 0.05) is 17.4 Å². The standard InChI is InChI=1S/C15H21FO2/c1-4-9-15(12-5-7-13(16)8-6-12)17-10-14(2,3)11-18-15/h5-8H,4,9-11H2,1-3H3. The van der Waals surface area contributed by atoms with Crippen LogP contribution in [0, 0.1) is 11.2 Å². The van der Waals surface area contributed by atoms with Crippen molar-refractivity contribution in [2.45, 2.75) is 39.4 Å². The quantitative estimate of drug-likeness (QED) is 0.813. The number of halogens is 1. The second kappa shape index (κ2) is 4.98. The van der Waals surface area contributed by atoms with Gasteiger partial charge in [-0.25, -0.2) is 4.39 Å². The highest BCUT2D eigenvalue weighted by Crippen LogP contribution is 2.39. The van der Waals surface area contributed by atoms with E-state index >= 15 is 0 Å². The molecule has 0 radical (unpaired) electrons. The Morgan fingerprint density at radius 3 is 2.17 bits per heavy atom. The number of rotatable bonds is 3. The summed E-state index contributed by atoms with van der Waals surface area (Å²) in [6, 6.07) is 6.42. The van der Waals surface area contributed by atoms with Crippen LogP contribution < -0.4 is 0 Å². The van der Waals surface area contributed by atoms with E-state index < -0.39 is 5.79 Å². The minimum atomic E-state index is -0.696. The van der Waals surface area contributed by atoms with E-state index in [1.165, 1.54) is 12.1 Å². The number of ether oxygens (including phenoxy) is 2. The Morgan fingerprint density at radius 1 is 1.11 bits per heavy atom. The van der Waals surface area contributed by atoms with E-state index in [9.17, 15) is 4.39 Å². The van der Waals surface area contributed by atoms with Crippen molar-refractivity contribution in [2.75, 3.05) is 13.2 Å². The SMILES string of the molecule is CCCC1(c2ccc(F)cc2)OCC(C)(C)CO1. The number of hydrogen-bond donors (Lipinski definition) is 0. The molecule has 100 valence electrons. The number of hydrogen-bond acceptors (Lipinski definition) is 2. The smallest absolute Gasteiger partial charge is 0.194 e. The van der Waals surface area contributed by atoms with Crippen molar-refractivity contribution < 1.29 is 13.9 Å². The molecule has 0 unspecified atom stereocenters. The van der Waals surface area contributed by atoms with Gasteiger partial charge in [-0.15, -0.1) is 0 Å². The molecular formula is C15H21FO2. The summed E-state index contributed by atoms with van der Waals surface area (Å²) in [6.07, 6.45) is 1.74. The lowest BCUT2D eigenvalue weighted by atomic mass is 9.92. The zero-order valence-corrected chi connectivity index (χ0v) is 11.3. The van der Waals surface area contributed by atoms with E-state index in [1.807, 2.05) is 0 Å². The predicted octanol–water partition coefficient (Wildman–Crippen LogP) is 3.85.